The molecule has 2 amide bonds. The van der Waals surface area contributed by atoms with Crippen LogP contribution < -0.4 is 10.2 Å². The second-order valence-corrected chi connectivity index (χ2v) is 5.74. The molecule has 2 aromatic carbocycles. The number of amides is 2. The van der Waals surface area contributed by atoms with Crippen molar-refractivity contribution in [3.8, 4) is 0 Å². The first-order valence-corrected chi connectivity index (χ1v) is 8.06. The number of hydrogen-bond acceptors (Lipinski definition) is 4. The van der Waals surface area contributed by atoms with Crippen LogP contribution >= 0.6 is 0 Å². The Morgan fingerprint density at radius 1 is 1.04 bits per heavy atom. The summed E-state index contributed by atoms with van der Waals surface area (Å²) in [5.74, 6) is -1.82. The van der Waals surface area contributed by atoms with E-state index in [4.69, 9.17) is 0 Å². The predicted octanol–water partition coefficient (Wildman–Crippen LogP) is 3.48. The highest BCUT2D eigenvalue weighted by molar-refractivity contribution is 6.06. The molecule has 0 unspecified atom stereocenters. The van der Waals surface area contributed by atoms with E-state index in [9.17, 15) is 27.6 Å². The first kappa shape index (κ1) is 20.9. The average molecular weight is 394 g/mol. The fraction of sp³-hybridized carbons (Fsp3) is 0.211. The van der Waals surface area contributed by atoms with Gasteiger partial charge in [-0.2, -0.15) is 13.2 Å². The van der Waals surface area contributed by atoms with Crippen molar-refractivity contribution in [3.05, 3.63) is 59.7 Å². The lowest BCUT2D eigenvalue weighted by Gasteiger charge is -2.22. The molecule has 0 aromatic heterocycles. The second kappa shape index (κ2) is 8.55. The smallest absolute Gasteiger partial charge is 0.416 e. The zero-order chi connectivity index (χ0) is 20.9. The number of carbonyl (C=O) groups excluding carboxylic acids is 3. The molecule has 1 N–H and O–H groups in total. The van der Waals surface area contributed by atoms with Gasteiger partial charge in [-0.1, -0.05) is 12.1 Å². The second-order valence-electron chi connectivity index (χ2n) is 5.74. The number of carbonyl (C=O) groups is 3. The van der Waals surface area contributed by atoms with Gasteiger partial charge >= 0.3 is 12.1 Å². The Balaban J connectivity index is 2.18. The maximum absolute atomic E-state index is 12.6. The van der Waals surface area contributed by atoms with E-state index in [0.29, 0.717) is 0 Å². The Morgan fingerprint density at radius 3 is 2.18 bits per heavy atom. The van der Waals surface area contributed by atoms with Crippen LogP contribution in [-0.2, 0) is 20.5 Å². The molecular weight excluding hydrogens is 377 g/mol. The molecule has 0 heterocycles. The lowest BCUT2D eigenvalue weighted by molar-refractivity contribution is -0.137. The molecule has 0 bridgehead atoms. The van der Waals surface area contributed by atoms with Gasteiger partial charge in [0, 0.05) is 12.6 Å². The number of nitrogens with zero attached hydrogens (tertiary/aromatic N) is 1. The number of alkyl halides is 3. The number of para-hydroxylation sites is 1. The first-order chi connectivity index (χ1) is 13.1. The number of halogens is 3. The predicted molar refractivity (Wildman–Crippen MR) is 95.9 cm³/mol. The SMILES string of the molecule is COC(=O)c1ccccc1N(CC(=O)Nc1ccc(C(F)(F)F)cc1)C(C)=O. The molecule has 0 saturated heterocycles. The van der Waals surface area contributed by atoms with Gasteiger partial charge in [0.05, 0.1) is 23.9 Å². The fourth-order valence-corrected chi connectivity index (χ4v) is 2.44. The molecule has 148 valence electrons. The van der Waals surface area contributed by atoms with Crippen molar-refractivity contribution < 1.29 is 32.3 Å². The Kier molecular flexibility index (Phi) is 6.40. The van der Waals surface area contributed by atoms with Gasteiger partial charge in [-0.15, -0.1) is 0 Å². The van der Waals surface area contributed by atoms with Crippen molar-refractivity contribution >= 4 is 29.2 Å². The molecule has 2 rings (SSSR count). The Hall–Kier alpha value is -3.36. The third-order valence-corrected chi connectivity index (χ3v) is 3.78. The molecule has 6 nitrogen and oxygen atoms in total. The first-order valence-electron chi connectivity index (χ1n) is 8.06. The van der Waals surface area contributed by atoms with E-state index in [1.54, 1.807) is 12.1 Å². The van der Waals surface area contributed by atoms with Gasteiger partial charge < -0.3 is 15.0 Å². The van der Waals surface area contributed by atoms with Crippen LogP contribution in [0.25, 0.3) is 0 Å². The maximum Gasteiger partial charge on any atom is 0.416 e. The number of rotatable bonds is 5. The fourth-order valence-electron chi connectivity index (χ4n) is 2.44. The summed E-state index contributed by atoms with van der Waals surface area (Å²) in [5, 5.41) is 2.42. The summed E-state index contributed by atoms with van der Waals surface area (Å²) in [6.45, 7) is 0.782. The summed E-state index contributed by atoms with van der Waals surface area (Å²) in [5.41, 5.74) is -0.419. The molecule has 0 fully saturated rings. The average Bonchev–Trinajstić information content (AvgIpc) is 2.65. The summed E-state index contributed by atoms with van der Waals surface area (Å²) in [6, 6.07) is 10.0. The highest BCUT2D eigenvalue weighted by atomic mass is 19.4. The third kappa shape index (κ3) is 5.09. The van der Waals surface area contributed by atoms with Gasteiger partial charge in [-0.05, 0) is 36.4 Å². The highest BCUT2D eigenvalue weighted by Crippen LogP contribution is 2.29. The van der Waals surface area contributed by atoms with Crippen LogP contribution in [0.4, 0.5) is 24.5 Å². The standard InChI is InChI=1S/C19H17F3N2O4/c1-12(25)24(16-6-4-3-5-15(16)18(27)28-2)11-17(26)23-14-9-7-13(8-10-14)19(20,21)22/h3-10H,11H2,1-2H3,(H,23,26). The number of benzene rings is 2. The monoisotopic (exact) mass is 394 g/mol. The van der Waals surface area contributed by atoms with Gasteiger partial charge in [-0.3, -0.25) is 9.59 Å². The maximum atomic E-state index is 12.6. The van der Waals surface area contributed by atoms with Gasteiger partial charge in [0.2, 0.25) is 11.8 Å². The van der Waals surface area contributed by atoms with Crippen molar-refractivity contribution in [2.45, 2.75) is 13.1 Å². The van der Waals surface area contributed by atoms with Crippen LogP contribution in [0.5, 0.6) is 0 Å². The number of ether oxygens (including phenoxy) is 1. The van der Waals surface area contributed by atoms with Crippen LogP contribution in [0, 0.1) is 0 Å². The van der Waals surface area contributed by atoms with E-state index in [1.807, 2.05) is 0 Å². The molecule has 0 atom stereocenters. The molecule has 9 heteroatoms. The number of nitrogens with one attached hydrogen (secondary N) is 1. The minimum atomic E-state index is -4.48. The zero-order valence-corrected chi connectivity index (χ0v) is 15.0. The van der Waals surface area contributed by atoms with Crippen molar-refractivity contribution in [2.75, 3.05) is 23.9 Å². The van der Waals surface area contributed by atoms with Crippen molar-refractivity contribution in [1.29, 1.82) is 0 Å². The van der Waals surface area contributed by atoms with E-state index in [2.05, 4.69) is 10.1 Å². The number of esters is 1. The third-order valence-electron chi connectivity index (χ3n) is 3.78. The Bertz CT molecular complexity index is 879. The largest absolute Gasteiger partial charge is 0.465 e. The van der Waals surface area contributed by atoms with Gasteiger partial charge in [0.25, 0.3) is 0 Å². The number of methoxy groups -OCH3 is 1. The van der Waals surface area contributed by atoms with E-state index in [0.717, 1.165) is 29.2 Å². The van der Waals surface area contributed by atoms with Crippen molar-refractivity contribution in [3.63, 3.8) is 0 Å². The highest BCUT2D eigenvalue weighted by Gasteiger charge is 2.30. The lowest BCUT2D eigenvalue weighted by Crippen LogP contribution is -2.37. The summed E-state index contributed by atoms with van der Waals surface area (Å²) in [6.07, 6.45) is -4.48. The quantitative estimate of drug-likeness (QED) is 0.788. The van der Waals surface area contributed by atoms with Gasteiger partial charge in [0.15, 0.2) is 0 Å². The molecule has 0 radical (unpaired) electrons. The summed E-state index contributed by atoms with van der Waals surface area (Å²) < 4.78 is 42.5. The molecule has 0 spiro atoms. The molecule has 2 aromatic rings. The van der Waals surface area contributed by atoms with Crippen molar-refractivity contribution in [1.82, 2.24) is 0 Å². The molecule has 0 aliphatic rings. The molecule has 0 aliphatic carbocycles. The summed E-state index contributed by atoms with van der Waals surface area (Å²) in [7, 11) is 1.19. The minimum Gasteiger partial charge on any atom is -0.465 e. The molecule has 0 aliphatic heterocycles. The van der Waals surface area contributed by atoms with Gasteiger partial charge in [-0.25, -0.2) is 4.79 Å². The minimum absolute atomic E-state index is 0.0996. The normalized spacial score (nSPS) is 10.9. The zero-order valence-electron chi connectivity index (χ0n) is 15.0. The van der Waals surface area contributed by atoms with E-state index in [1.165, 1.54) is 26.2 Å². The van der Waals surface area contributed by atoms with Crippen LogP contribution in [0.3, 0.4) is 0 Å². The Morgan fingerprint density at radius 2 is 1.64 bits per heavy atom. The topological polar surface area (TPSA) is 75.7 Å². The molecule has 28 heavy (non-hydrogen) atoms. The van der Waals surface area contributed by atoms with E-state index >= 15 is 0 Å². The van der Waals surface area contributed by atoms with Crippen LogP contribution in [0.2, 0.25) is 0 Å². The number of hydrogen-bond donors (Lipinski definition) is 1. The van der Waals surface area contributed by atoms with Crippen LogP contribution in [0.1, 0.15) is 22.8 Å². The summed E-state index contributed by atoms with van der Waals surface area (Å²) >= 11 is 0. The van der Waals surface area contributed by atoms with E-state index < -0.39 is 36.1 Å². The molecule has 0 saturated carbocycles. The lowest BCUT2D eigenvalue weighted by atomic mass is 10.1. The number of anilines is 2. The van der Waals surface area contributed by atoms with Crippen molar-refractivity contribution in [2.24, 2.45) is 0 Å². The van der Waals surface area contributed by atoms with Crippen LogP contribution in [0.15, 0.2) is 48.5 Å². The van der Waals surface area contributed by atoms with Crippen LogP contribution in [-0.4, -0.2) is 31.4 Å². The summed E-state index contributed by atoms with van der Waals surface area (Å²) in [4.78, 5) is 37.3. The van der Waals surface area contributed by atoms with E-state index in [-0.39, 0.29) is 16.9 Å². The Labute approximate surface area is 158 Å². The van der Waals surface area contributed by atoms with Gasteiger partial charge in [0.1, 0.15) is 6.54 Å². The molecular formula is C19H17F3N2O4.